The summed E-state index contributed by atoms with van der Waals surface area (Å²) >= 11 is 0. The van der Waals surface area contributed by atoms with Crippen molar-refractivity contribution in [1.82, 2.24) is 0 Å². The van der Waals surface area contributed by atoms with Crippen molar-refractivity contribution in [2.75, 3.05) is 11.5 Å². The molecule has 0 saturated carbocycles. The third-order valence-electron chi connectivity index (χ3n) is 3.77. The van der Waals surface area contributed by atoms with Gasteiger partial charge in [0.1, 0.15) is 0 Å². The Morgan fingerprint density at radius 3 is 2.58 bits per heavy atom. The molecule has 1 N–H and O–H groups in total. The summed E-state index contributed by atoms with van der Waals surface area (Å²) in [6.07, 6.45) is 0.728. The smallest absolute Gasteiger partial charge is 0.153 e. The highest BCUT2D eigenvalue weighted by Crippen LogP contribution is 2.30. The Morgan fingerprint density at radius 1 is 1.11 bits per heavy atom. The summed E-state index contributed by atoms with van der Waals surface area (Å²) in [4.78, 5) is 0. The molecule has 0 amide bonds. The number of rotatable bonds is 2. The number of sulfone groups is 1. The molecule has 1 unspecified atom stereocenters. The van der Waals surface area contributed by atoms with Crippen molar-refractivity contribution < 1.29 is 13.5 Å². The van der Waals surface area contributed by atoms with Crippen molar-refractivity contribution in [2.45, 2.75) is 18.4 Å². The molecule has 2 aromatic rings. The average Bonchev–Trinajstić information content (AvgIpc) is 2.64. The van der Waals surface area contributed by atoms with Crippen molar-refractivity contribution in [1.29, 1.82) is 0 Å². The third kappa shape index (κ3) is 2.51. The summed E-state index contributed by atoms with van der Waals surface area (Å²) in [5.74, 6) is -0.0303. The molecule has 100 valence electrons. The van der Waals surface area contributed by atoms with E-state index in [9.17, 15) is 13.5 Å². The molecule has 1 aliphatic heterocycles. The second kappa shape index (κ2) is 4.32. The number of hydrogen-bond donors (Lipinski definition) is 1. The maximum absolute atomic E-state index is 11.5. The predicted molar refractivity (Wildman–Crippen MR) is 75.9 cm³/mol. The zero-order valence-corrected chi connectivity index (χ0v) is 11.4. The average molecular weight is 276 g/mol. The van der Waals surface area contributed by atoms with Crippen LogP contribution in [0.15, 0.2) is 42.5 Å². The van der Waals surface area contributed by atoms with Gasteiger partial charge in [0.15, 0.2) is 9.84 Å². The zero-order valence-electron chi connectivity index (χ0n) is 10.5. The van der Waals surface area contributed by atoms with Crippen molar-refractivity contribution in [3.05, 3.63) is 48.0 Å². The van der Waals surface area contributed by atoms with E-state index in [0.717, 1.165) is 16.3 Å². The lowest BCUT2D eigenvalue weighted by atomic mass is 9.91. The van der Waals surface area contributed by atoms with E-state index in [-0.39, 0.29) is 11.5 Å². The van der Waals surface area contributed by atoms with Gasteiger partial charge in [0.2, 0.25) is 0 Å². The van der Waals surface area contributed by atoms with Crippen LogP contribution in [0.4, 0.5) is 0 Å². The summed E-state index contributed by atoms with van der Waals surface area (Å²) in [6, 6.07) is 13.9. The van der Waals surface area contributed by atoms with Crippen LogP contribution >= 0.6 is 0 Å². The lowest BCUT2D eigenvalue weighted by Crippen LogP contribution is -2.32. The van der Waals surface area contributed by atoms with Crippen molar-refractivity contribution in [3.8, 4) is 0 Å². The molecule has 1 atom stereocenters. The standard InChI is InChI=1S/C15H16O3S/c16-15(8-9-19(17,18)11-15)10-13-6-3-5-12-4-1-2-7-14(12)13/h1-7,16H,8-11H2. The zero-order chi connectivity index (χ0) is 13.5. The van der Waals surface area contributed by atoms with E-state index in [1.807, 2.05) is 42.5 Å². The van der Waals surface area contributed by atoms with E-state index < -0.39 is 15.4 Å². The number of hydrogen-bond acceptors (Lipinski definition) is 3. The molecule has 0 spiro atoms. The van der Waals surface area contributed by atoms with Crippen LogP contribution in [-0.2, 0) is 16.3 Å². The highest BCUT2D eigenvalue weighted by atomic mass is 32.2. The van der Waals surface area contributed by atoms with Crippen LogP contribution in [0.25, 0.3) is 10.8 Å². The van der Waals surface area contributed by atoms with Crippen molar-refractivity contribution in [2.24, 2.45) is 0 Å². The fourth-order valence-corrected chi connectivity index (χ4v) is 4.74. The van der Waals surface area contributed by atoms with Gasteiger partial charge in [0, 0.05) is 6.42 Å². The number of aliphatic hydroxyl groups is 1. The van der Waals surface area contributed by atoms with Crippen LogP contribution in [0, 0.1) is 0 Å². The summed E-state index contributed by atoms with van der Waals surface area (Å²) in [5.41, 5.74) is -0.0964. The maximum atomic E-state index is 11.5. The third-order valence-corrected chi connectivity index (χ3v) is 5.57. The first-order valence-electron chi connectivity index (χ1n) is 6.37. The SMILES string of the molecule is O=S1(=O)CCC(O)(Cc2cccc3ccccc23)C1. The van der Waals surface area contributed by atoms with Crippen LogP contribution in [0.3, 0.4) is 0 Å². The largest absolute Gasteiger partial charge is 0.388 e. The summed E-state index contributed by atoms with van der Waals surface area (Å²) < 4.78 is 23.1. The van der Waals surface area contributed by atoms with Gasteiger partial charge in [0.05, 0.1) is 17.1 Å². The second-order valence-electron chi connectivity index (χ2n) is 5.38. The topological polar surface area (TPSA) is 54.4 Å². The number of fused-ring (bicyclic) bond motifs is 1. The fourth-order valence-electron chi connectivity index (χ4n) is 2.84. The van der Waals surface area contributed by atoms with E-state index in [1.54, 1.807) is 0 Å². The van der Waals surface area contributed by atoms with E-state index in [0.29, 0.717) is 12.8 Å². The number of benzene rings is 2. The van der Waals surface area contributed by atoms with Gasteiger partial charge in [-0.15, -0.1) is 0 Å². The van der Waals surface area contributed by atoms with Crippen LogP contribution in [0.2, 0.25) is 0 Å². The molecule has 1 heterocycles. The second-order valence-corrected chi connectivity index (χ2v) is 7.57. The highest BCUT2D eigenvalue weighted by molar-refractivity contribution is 7.91. The molecule has 4 heteroatoms. The molecular weight excluding hydrogens is 260 g/mol. The van der Waals surface area contributed by atoms with Gasteiger partial charge < -0.3 is 5.11 Å². The molecule has 19 heavy (non-hydrogen) atoms. The van der Waals surface area contributed by atoms with Crippen molar-refractivity contribution in [3.63, 3.8) is 0 Å². The van der Waals surface area contributed by atoms with Gasteiger partial charge in [-0.05, 0) is 22.8 Å². The molecule has 1 aliphatic rings. The Balaban J connectivity index is 1.98. The van der Waals surface area contributed by atoms with Gasteiger partial charge in [0.25, 0.3) is 0 Å². The summed E-state index contributed by atoms with van der Waals surface area (Å²) in [7, 11) is -3.08. The highest BCUT2D eigenvalue weighted by Gasteiger charge is 2.40. The first-order valence-corrected chi connectivity index (χ1v) is 8.19. The van der Waals surface area contributed by atoms with Gasteiger partial charge in [-0.1, -0.05) is 42.5 Å². The normalized spacial score (nSPS) is 25.7. The minimum atomic E-state index is -3.08. The van der Waals surface area contributed by atoms with Crippen LogP contribution in [0.1, 0.15) is 12.0 Å². The van der Waals surface area contributed by atoms with E-state index in [1.165, 1.54) is 0 Å². The maximum Gasteiger partial charge on any atom is 0.153 e. The molecule has 1 saturated heterocycles. The minimum Gasteiger partial charge on any atom is -0.388 e. The van der Waals surface area contributed by atoms with Crippen LogP contribution in [-0.4, -0.2) is 30.6 Å². The molecule has 2 aromatic carbocycles. The van der Waals surface area contributed by atoms with Gasteiger partial charge >= 0.3 is 0 Å². The Labute approximate surface area is 112 Å². The monoisotopic (exact) mass is 276 g/mol. The first kappa shape index (κ1) is 12.6. The molecule has 3 nitrogen and oxygen atoms in total. The van der Waals surface area contributed by atoms with E-state index >= 15 is 0 Å². The van der Waals surface area contributed by atoms with Crippen LogP contribution < -0.4 is 0 Å². The molecule has 0 aromatic heterocycles. The Hall–Kier alpha value is -1.39. The molecule has 0 aliphatic carbocycles. The lowest BCUT2D eigenvalue weighted by Gasteiger charge is -2.21. The first-order chi connectivity index (χ1) is 8.98. The van der Waals surface area contributed by atoms with Crippen molar-refractivity contribution >= 4 is 20.6 Å². The predicted octanol–water partition coefficient (Wildman–Crippen LogP) is 1.93. The summed E-state index contributed by atoms with van der Waals surface area (Å²) in [6.45, 7) is 0. The van der Waals surface area contributed by atoms with Gasteiger partial charge in [-0.25, -0.2) is 8.42 Å². The fraction of sp³-hybridized carbons (Fsp3) is 0.333. The molecule has 0 radical (unpaired) electrons. The van der Waals surface area contributed by atoms with Gasteiger partial charge in [-0.3, -0.25) is 0 Å². The Bertz CT molecular complexity index is 716. The van der Waals surface area contributed by atoms with E-state index in [4.69, 9.17) is 0 Å². The minimum absolute atomic E-state index is 0.0915. The molecule has 3 rings (SSSR count). The quantitative estimate of drug-likeness (QED) is 0.912. The lowest BCUT2D eigenvalue weighted by molar-refractivity contribution is 0.0685. The Morgan fingerprint density at radius 2 is 1.84 bits per heavy atom. The van der Waals surface area contributed by atoms with Crippen LogP contribution in [0.5, 0.6) is 0 Å². The molecule has 0 bridgehead atoms. The summed E-state index contributed by atoms with van der Waals surface area (Å²) in [5, 5.41) is 12.7. The molecular formula is C15H16O3S. The Kier molecular flexibility index (Phi) is 2.87. The van der Waals surface area contributed by atoms with E-state index in [2.05, 4.69) is 0 Å². The molecule has 1 fully saturated rings. The van der Waals surface area contributed by atoms with Gasteiger partial charge in [-0.2, -0.15) is 0 Å².